The number of thiophene rings is 1. The highest BCUT2D eigenvalue weighted by molar-refractivity contribution is 7.10. The molecule has 22 heavy (non-hydrogen) atoms. The van der Waals surface area contributed by atoms with Crippen molar-refractivity contribution in [2.45, 2.75) is 18.9 Å². The Balaban J connectivity index is 1.62. The molecule has 1 aromatic heterocycles. The summed E-state index contributed by atoms with van der Waals surface area (Å²) >= 11 is 1.54. The molecule has 0 saturated heterocycles. The van der Waals surface area contributed by atoms with Crippen molar-refractivity contribution >= 4 is 17.2 Å². The second-order valence-electron chi connectivity index (χ2n) is 5.37. The molecule has 5 nitrogen and oxygen atoms in total. The van der Waals surface area contributed by atoms with Gasteiger partial charge >= 0.3 is 0 Å². The predicted octanol–water partition coefficient (Wildman–Crippen LogP) is 2.04. The van der Waals surface area contributed by atoms with E-state index in [0.29, 0.717) is 23.5 Å². The van der Waals surface area contributed by atoms with E-state index in [1.165, 1.54) is 0 Å². The summed E-state index contributed by atoms with van der Waals surface area (Å²) in [4.78, 5) is 12.9. The Morgan fingerprint density at radius 2 is 2.18 bits per heavy atom. The fraction of sp³-hybridized carbons (Fsp3) is 0.312. The summed E-state index contributed by atoms with van der Waals surface area (Å²) in [6, 6.07) is 9.11. The minimum atomic E-state index is -1.17. The number of hydrogen-bond acceptors (Lipinski definition) is 5. The van der Waals surface area contributed by atoms with Gasteiger partial charge in [-0.2, -0.15) is 0 Å². The van der Waals surface area contributed by atoms with Crippen LogP contribution in [0.3, 0.4) is 0 Å². The van der Waals surface area contributed by atoms with E-state index in [-0.39, 0.29) is 19.2 Å². The van der Waals surface area contributed by atoms with E-state index in [1.54, 1.807) is 36.5 Å². The van der Waals surface area contributed by atoms with Gasteiger partial charge in [0.2, 0.25) is 12.7 Å². The number of nitrogens with one attached hydrogen (secondary N) is 1. The lowest BCUT2D eigenvalue weighted by Gasteiger charge is -2.24. The van der Waals surface area contributed by atoms with Gasteiger partial charge in [-0.15, -0.1) is 11.3 Å². The Morgan fingerprint density at radius 3 is 2.95 bits per heavy atom. The topological polar surface area (TPSA) is 67.8 Å². The summed E-state index contributed by atoms with van der Waals surface area (Å²) < 4.78 is 10.6. The quantitative estimate of drug-likeness (QED) is 0.885. The molecule has 0 saturated carbocycles. The lowest BCUT2D eigenvalue weighted by molar-refractivity contribution is -0.121. The maximum Gasteiger partial charge on any atom is 0.231 e. The molecule has 0 spiro atoms. The highest BCUT2D eigenvalue weighted by Gasteiger charge is 2.26. The summed E-state index contributed by atoms with van der Waals surface area (Å²) in [6.07, 6.45) is 0.328. The Kier molecular flexibility index (Phi) is 4.04. The Labute approximate surface area is 132 Å². The van der Waals surface area contributed by atoms with E-state index in [0.717, 1.165) is 4.88 Å². The van der Waals surface area contributed by atoms with Crippen LogP contribution in [-0.2, 0) is 16.8 Å². The normalized spacial score (nSPS) is 15.4. The van der Waals surface area contributed by atoms with Crippen molar-refractivity contribution in [2.24, 2.45) is 0 Å². The number of hydrogen-bond donors (Lipinski definition) is 2. The number of aliphatic hydroxyl groups is 1. The van der Waals surface area contributed by atoms with Crippen LogP contribution in [-0.4, -0.2) is 24.4 Å². The van der Waals surface area contributed by atoms with Crippen LogP contribution in [0.5, 0.6) is 11.5 Å². The molecule has 1 aromatic carbocycles. The molecule has 2 N–H and O–H groups in total. The Morgan fingerprint density at radius 1 is 1.36 bits per heavy atom. The molecule has 1 aliphatic heterocycles. The molecule has 2 aromatic rings. The lowest BCUT2D eigenvalue weighted by Crippen LogP contribution is -2.39. The fourth-order valence-corrected chi connectivity index (χ4v) is 2.94. The van der Waals surface area contributed by atoms with Crippen LogP contribution in [0.2, 0.25) is 0 Å². The van der Waals surface area contributed by atoms with Gasteiger partial charge in [0.1, 0.15) is 5.60 Å². The largest absolute Gasteiger partial charge is 0.454 e. The van der Waals surface area contributed by atoms with Crippen molar-refractivity contribution in [1.82, 2.24) is 5.32 Å². The van der Waals surface area contributed by atoms with Gasteiger partial charge in [0.05, 0.1) is 13.0 Å². The zero-order valence-electron chi connectivity index (χ0n) is 12.2. The standard InChI is InChI=1S/C16H17NO4S/c1-16(19,9-17-15(18)8-12-3-2-6-22-12)11-4-5-13-14(7-11)21-10-20-13/h2-7,19H,8-10H2,1H3,(H,17,18)/t16-/m0/s1. The van der Waals surface area contributed by atoms with Gasteiger partial charge in [0.15, 0.2) is 11.5 Å². The molecule has 1 atom stereocenters. The summed E-state index contributed by atoms with van der Waals surface area (Å²) in [6.45, 7) is 1.99. The number of fused-ring (bicyclic) bond motifs is 1. The molecule has 1 aliphatic rings. The number of benzene rings is 1. The highest BCUT2D eigenvalue weighted by Crippen LogP contribution is 2.35. The third-order valence-electron chi connectivity index (χ3n) is 3.54. The van der Waals surface area contributed by atoms with Crippen LogP contribution in [0.15, 0.2) is 35.7 Å². The van der Waals surface area contributed by atoms with Crippen molar-refractivity contribution in [3.05, 3.63) is 46.2 Å². The van der Waals surface area contributed by atoms with Crippen LogP contribution < -0.4 is 14.8 Å². The third kappa shape index (κ3) is 3.23. The zero-order valence-corrected chi connectivity index (χ0v) is 13.0. The number of carbonyl (C=O) groups excluding carboxylic acids is 1. The molecule has 116 valence electrons. The minimum absolute atomic E-state index is 0.108. The highest BCUT2D eigenvalue weighted by atomic mass is 32.1. The van der Waals surface area contributed by atoms with Crippen LogP contribution in [0, 0.1) is 0 Å². The molecular weight excluding hydrogens is 302 g/mol. The summed E-state index contributed by atoms with van der Waals surface area (Å²) in [7, 11) is 0. The molecular formula is C16H17NO4S. The SMILES string of the molecule is C[C@](O)(CNC(=O)Cc1cccs1)c1ccc2c(c1)OCO2. The molecule has 0 fully saturated rings. The molecule has 3 rings (SSSR count). The Hall–Kier alpha value is -2.05. The molecule has 0 bridgehead atoms. The van der Waals surface area contributed by atoms with Gasteiger partial charge in [-0.25, -0.2) is 0 Å². The average Bonchev–Trinajstić information content (AvgIpc) is 3.15. The van der Waals surface area contributed by atoms with Crippen LogP contribution in [0.1, 0.15) is 17.4 Å². The van der Waals surface area contributed by atoms with E-state index in [9.17, 15) is 9.90 Å². The first-order chi connectivity index (χ1) is 10.5. The predicted molar refractivity (Wildman–Crippen MR) is 83.2 cm³/mol. The molecule has 1 amide bonds. The van der Waals surface area contributed by atoms with Crippen molar-refractivity contribution in [3.8, 4) is 11.5 Å². The number of amides is 1. The van der Waals surface area contributed by atoms with E-state index >= 15 is 0 Å². The molecule has 0 radical (unpaired) electrons. The minimum Gasteiger partial charge on any atom is -0.454 e. The van der Waals surface area contributed by atoms with Gasteiger partial charge in [-0.1, -0.05) is 12.1 Å². The monoisotopic (exact) mass is 319 g/mol. The first kappa shape index (κ1) is 14.9. The summed E-state index contributed by atoms with van der Waals surface area (Å²) in [5.74, 6) is 1.17. The lowest BCUT2D eigenvalue weighted by atomic mass is 9.95. The molecule has 0 aliphatic carbocycles. The first-order valence-electron chi connectivity index (χ1n) is 6.96. The van der Waals surface area contributed by atoms with Crippen molar-refractivity contribution in [1.29, 1.82) is 0 Å². The van der Waals surface area contributed by atoms with Crippen molar-refractivity contribution in [2.75, 3.05) is 13.3 Å². The van der Waals surface area contributed by atoms with Crippen LogP contribution in [0.4, 0.5) is 0 Å². The van der Waals surface area contributed by atoms with Crippen molar-refractivity contribution in [3.63, 3.8) is 0 Å². The third-order valence-corrected chi connectivity index (χ3v) is 4.42. The second-order valence-corrected chi connectivity index (χ2v) is 6.41. The number of carbonyl (C=O) groups is 1. The van der Waals surface area contributed by atoms with E-state index < -0.39 is 5.60 Å². The molecule has 0 unspecified atom stereocenters. The number of rotatable bonds is 5. The summed E-state index contributed by atoms with van der Waals surface area (Å²) in [5, 5.41) is 15.3. The maximum atomic E-state index is 11.9. The van der Waals surface area contributed by atoms with E-state index in [4.69, 9.17) is 9.47 Å². The van der Waals surface area contributed by atoms with Crippen LogP contribution >= 0.6 is 11.3 Å². The maximum absolute atomic E-state index is 11.9. The molecule has 2 heterocycles. The van der Waals surface area contributed by atoms with Gasteiger partial charge in [-0.3, -0.25) is 4.79 Å². The Bertz CT molecular complexity index is 667. The first-order valence-corrected chi connectivity index (χ1v) is 7.84. The average molecular weight is 319 g/mol. The zero-order chi connectivity index (χ0) is 15.6. The van der Waals surface area contributed by atoms with E-state index in [2.05, 4.69) is 5.32 Å². The van der Waals surface area contributed by atoms with Crippen LogP contribution in [0.25, 0.3) is 0 Å². The van der Waals surface area contributed by atoms with E-state index in [1.807, 2.05) is 17.5 Å². The van der Waals surface area contributed by atoms with Gasteiger partial charge in [-0.05, 0) is 36.1 Å². The van der Waals surface area contributed by atoms with Gasteiger partial charge < -0.3 is 19.9 Å². The fourth-order valence-electron chi connectivity index (χ4n) is 2.24. The van der Waals surface area contributed by atoms with Gasteiger partial charge in [0.25, 0.3) is 0 Å². The number of ether oxygens (including phenoxy) is 2. The smallest absolute Gasteiger partial charge is 0.231 e. The summed E-state index contributed by atoms with van der Waals surface area (Å²) in [5.41, 5.74) is -0.500. The molecule has 6 heteroatoms. The van der Waals surface area contributed by atoms with Crippen molar-refractivity contribution < 1.29 is 19.4 Å². The van der Waals surface area contributed by atoms with Gasteiger partial charge in [0, 0.05) is 4.88 Å². The second kappa shape index (κ2) is 5.98.